The molecule has 3 aromatic rings. The molecule has 3 heterocycles. The Kier molecular flexibility index (Phi) is 4.12. The molecule has 0 bridgehead atoms. The van der Waals surface area contributed by atoms with Crippen LogP contribution in [0.5, 0.6) is 17.6 Å². The molecule has 1 aliphatic heterocycles. The van der Waals surface area contributed by atoms with Crippen LogP contribution in [0.4, 0.5) is 5.82 Å². The largest absolute Gasteiger partial charge is 0.588 e. The molecule has 8 heteroatoms. The molecule has 0 fully saturated rings. The molecule has 0 saturated carbocycles. The number of hydrogen-bond acceptors (Lipinski definition) is 7. The van der Waals surface area contributed by atoms with Crippen molar-refractivity contribution < 1.29 is 14.0 Å². The summed E-state index contributed by atoms with van der Waals surface area (Å²) in [5.41, 5.74) is 1.01. The number of anilines is 1. The van der Waals surface area contributed by atoms with E-state index in [1.165, 1.54) is 7.11 Å². The first-order chi connectivity index (χ1) is 12.2. The van der Waals surface area contributed by atoms with Crippen molar-refractivity contribution in [2.75, 3.05) is 11.4 Å². The highest BCUT2D eigenvalue weighted by Crippen LogP contribution is 2.35. The topological polar surface area (TPSA) is 83.4 Å². The third kappa shape index (κ3) is 3.09. The van der Waals surface area contributed by atoms with Crippen LogP contribution in [0.3, 0.4) is 0 Å². The molecular weight excluding hydrogens is 340 g/mol. The molecule has 0 aliphatic carbocycles. The third-order valence-corrected chi connectivity index (χ3v) is 5.14. The Hall–Kier alpha value is -2.84. The van der Waals surface area contributed by atoms with Crippen LogP contribution >= 0.6 is 0 Å². The average Bonchev–Trinajstić information content (AvgIpc) is 2.99. The van der Waals surface area contributed by atoms with E-state index in [1.54, 1.807) is 34.9 Å². The predicted molar refractivity (Wildman–Crippen MR) is 91.9 cm³/mol. The van der Waals surface area contributed by atoms with Crippen molar-refractivity contribution in [1.82, 2.24) is 15.0 Å². The van der Waals surface area contributed by atoms with E-state index in [1.807, 2.05) is 24.3 Å². The van der Waals surface area contributed by atoms with E-state index in [9.17, 15) is 4.55 Å². The van der Waals surface area contributed by atoms with Crippen LogP contribution in [0.15, 0.2) is 59.8 Å². The summed E-state index contributed by atoms with van der Waals surface area (Å²) in [6, 6.07) is 12.9. The molecule has 0 radical (unpaired) electrons. The van der Waals surface area contributed by atoms with E-state index in [2.05, 4.69) is 15.0 Å². The van der Waals surface area contributed by atoms with E-state index in [0.717, 1.165) is 10.5 Å². The van der Waals surface area contributed by atoms with E-state index < -0.39 is 11.4 Å². The zero-order valence-corrected chi connectivity index (χ0v) is 14.1. The van der Waals surface area contributed by atoms with Crippen LogP contribution < -0.4 is 13.8 Å². The van der Waals surface area contributed by atoms with Crippen LogP contribution in [-0.4, -0.2) is 26.6 Å². The predicted octanol–water partition coefficient (Wildman–Crippen LogP) is 2.72. The highest BCUT2D eigenvalue weighted by Gasteiger charge is 2.35. The molecule has 7 nitrogen and oxygen atoms in total. The van der Waals surface area contributed by atoms with Gasteiger partial charge in [0.2, 0.25) is 5.88 Å². The molecule has 2 aromatic heterocycles. The maximum absolute atomic E-state index is 12.8. The van der Waals surface area contributed by atoms with Gasteiger partial charge in [-0.15, -0.1) is 0 Å². The average molecular weight is 354 g/mol. The van der Waals surface area contributed by atoms with Crippen molar-refractivity contribution in [1.29, 1.82) is 0 Å². The molecule has 1 aromatic carbocycles. The zero-order chi connectivity index (χ0) is 17.2. The number of rotatable bonds is 4. The van der Waals surface area contributed by atoms with E-state index in [-0.39, 0.29) is 6.01 Å². The molecule has 0 spiro atoms. The van der Waals surface area contributed by atoms with Gasteiger partial charge >= 0.3 is 6.01 Å². The van der Waals surface area contributed by atoms with Crippen molar-refractivity contribution in [2.24, 2.45) is 0 Å². The number of aromatic nitrogens is 3. The number of fused-ring (bicyclic) bond motifs is 1. The Morgan fingerprint density at radius 3 is 2.80 bits per heavy atom. The number of benzene rings is 1. The summed E-state index contributed by atoms with van der Waals surface area (Å²) >= 11 is -1.33. The van der Waals surface area contributed by atoms with E-state index >= 15 is 0 Å². The fourth-order valence-electron chi connectivity index (χ4n) is 2.49. The first-order valence-electron chi connectivity index (χ1n) is 7.53. The van der Waals surface area contributed by atoms with Gasteiger partial charge in [0.15, 0.2) is 10.7 Å². The molecule has 4 rings (SSSR count). The summed E-state index contributed by atoms with van der Waals surface area (Å²) in [4.78, 5) is 13.3. The minimum atomic E-state index is -1.33. The van der Waals surface area contributed by atoms with Gasteiger partial charge in [-0.05, 0) is 18.2 Å². The van der Waals surface area contributed by atoms with Crippen molar-refractivity contribution in [3.63, 3.8) is 0 Å². The second-order valence-electron chi connectivity index (χ2n) is 5.24. The Balaban J connectivity index is 1.67. The fourth-order valence-corrected chi connectivity index (χ4v) is 3.79. The minimum absolute atomic E-state index is 0.107. The lowest BCUT2D eigenvalue weighted by Crippen LogP contribution is -2.25. The Labute approximate surface area is 147 Å². The second kappa shape index (κ2) is 6.58. The number of methoxy groups -OCH3 is 1. The monoisotopic (exact) mass is 354 g/mol. The Morgan fingerprint density at radius 2 is 2.04 bits per heavy atom. The van der Waals surface area contributed by atoms with Gasteiger partial charge < -0.3 is 14.0 Å². The summed E-state index contributed by atoms with van der Waals surface area (Å²) in [7, 11) is 1.51. The van der Waals surface area contributed by atoms with Gasteiger partial charge in [-0.2, -0.15) is 14.3 Å². The highest BCUT2D eigenvalue weighted by atomic mass is 32.2. The van der Waals surface area contributed by atoms with Crippen LogP contribution in [0, 0.1) is 0 Å². The van der Waals surface area contributed by atoms with Crippen LogP contribution in [0.25, 0.3) is 0 Å². The summed E-state index contributed by atoms with van der Waals surface area (Å²) in [5, 5.41) is 0. The van der Waals surface area contributed by atoms with Crippen molar-refractivity contribution in [3.05, 3.63) is 60.4 Å². The number of pyridine rings is 1. The molecule has 0 amide bonds. The summed E-state index contributed by atoms with van der Waals surface area (Å²) in [6.45, 7) is 0.495. The second-order valence-corrected chi connectivity index (χ2v) is 6.61. The first-order valence-corrected chi connectivity index (χ1v) is 8.63. The summed E-state index contributed by atoms with van der Waals surface area (Å²) in [6.07, 6.45) is 3.21. The molecule has 1 atom stereocenters. The van der Waals surface area contributed by atoms with E-state index in [4.69, 9.17) is 9.47 Å². The quantitative estimate of drug-likeness (QED) is 0.666. The number of hydrogen-bond donors (Lipinski definition) is 0. The first kappa shape index (κ1) is 15.7. The third-order valence-electron chi connectivity index (χ3n) is 3.65. The maximum atomic E-state index is 12.8. The van der Waals surface area contributed by atoms with Gasteiger partial charge in [0.25, 0.3) is 0 Å². The van der Waals surface area contributed by atoms with Crippen LogP contribution in [0.1, 0.15) is 5.56 Å². The molecule has 0 N–H and O–H groups in total. The van der Waals surface area contributed by atoms with Gasteiger partial charge in [0.1, 0.15) is 17.1 Å². The lowest BCUT2D eigenvalue weighted by molar-refractivity contribution is 0.376. The normalized spacial score (nSPS) is 15.8. The van der Waals surface area contributed by atoms with Crippen molar-refractivity contribution >= 4 is 17.2 Å². The summed E-state index contributed by atoms with van der Waals surface area (Å²) in [5.74, 6) is 1.31. The molecule has 1 unspecified atom stereocenters. The lowest BCUT2D eigenvalue weighted by atomic mass is 10.2. The number of nitrogens with zero attached hydrogens (tertiary/aromatic N) is 4. The minimum Gasteiger partial charge on any atom is -0.588 e. The van der Waals surface area contributed by atoms with Gasteiger partial charge in [-0.25, -0.2) is 0 Å². The molecule has 0 saturated heterocycles. The Bertz CT molecular complexity index is 894. The summed E-state index contributed by atoms with van der Waals surface area (Å²) < 4.78 is 25.3. The zero-order valence-electron chi connectivity index (χ0n) is 13.3. The molecule has 1 aliphatic rings. The maximum Gasteiger partial charge on any atom is 0.327 e. The number of ether oxygens (including phenoxy) is 2. The van der Waals surface area contributed by atoms with Crippen molar-refractivity contribution in [3.8, 4) is 17.6 Å². The van der Waals surface area contributed by atoms with E-state index in [0.29, 0.717) is 24.0 Å². The fraction of sp³-hybridized carbons (Fsp3) is 0.118. The van der Waals surface area contributed by atoms with Gasteiger partial charge in [-0.3, -0.25) is 4.98 Å². The SMILES string of the molecule is COc1cc(N2Cc3ccccc3[S+]2[O-])nc(Oc2cccnc2)n1. The lowest BCUT2D eigenvalue weighted by Gasteiger charge is -2.18. The van der Waals surface area contributed by atoms with Crippen molar-refractivity contribution in [2.45, 2.75) is 11.4 Å². The highest BCUT2D eigenvalue weighted by molar-refractivity contribution is 7.93. The molecule has 126 valence electrons. The van der Waals surface area contributed by atoms with Crippen LogP contribution in [0.2, 0.25) is 0 Å². The standard InChI is InChI=1S/C17H14N4O3S/c1-23-16-9-15(19-17(20-16)24-13-6-4-8-18-10-13)21-11-12-5-2-3-7-14(12)25(21)22/h2-10H,11H2,1H3. The van der Waals surface area contributed by atoms with Crippen LogP contribution in [-0.2, 0) is 17.9 Å². The molecular formula is C17H14N4O3S. The van der Waals surface area contributed by atoms with Gasteiger partial charge in [0.05, 0.1) is 19.9 Å². The van der Waals surface area contributed by atoms with Gasteiger partial charge in [0, 0.05) is 17.8 Å². The smallest absolute Gasteiger partial charge is 0.327 e. The molecule has 25 heavy (non-hydrogen) atoms. The Morgan fingerprint density at radius 1 is 1.16 bits per heavy atom. The van der Waals surface area contributed by atoms with Gasteiger partial charge in [-0.1, -0.05) is 18.2 Å².